The molecule has 1 N–H and O–H groups in total. The van der Waals surface area contributed by atoms with E-state index in [-0.39, 0.29) is 17.9 Å². The van der Waals surface area contributed by atoms with Gasteiger partial charge in [-0.1, -0.05) is 32.3 Å². The lowest BCUT2D eigenvalue weighted by molar-refractivity contribution is -0.157. The Balaban J connectivity index is 2.23. The van der Waals surface area contributed by atoms with Gasteiger partial charge >= 0.3 is 0 Å². The third-order valence-corrected chi connectivity index (χ3v) is 5.02. The molecular weight excluding hydrogens is 252 g/mol. The van der Waals surface area contributed by atoms with Crippen LogP contribution in [-0.2, 0) is 9.59 Å². The summed E-state index contributed by atoms with van der Waals surface area (Å²) in [5.41, 5.74) is -0.740. The fraction of sp³-hybridized carbons (Fsp3) is 0.750. The molecule has 2 aliphatic rings. The van der Waals surface area contributed by atoms with E-state index in [4.69, 9.17) is 0 Å². The van der Waals surface area contributed by atoms with Gasteiger partial charge in [0.25, 0.3) is 0 Å². The van der Waals surface area contributed by atoms with E-state index >= 15 is 0 Å². The van der Waals surface area contributed by atoms with Crippen LogP contribution >= 0.6 is 0 Å². The quantitative estimate of drug-likeness (QED) is 0.802. The van der Waals surface area contributed by atoms with Crippen molar-refractivity contribution in [2.45, 2.75) is 64.0 Å². The highest BCUT2D eigenvalue weighted by atomic mass is 16.2. The summed E-state index contributed by atoms with van der Waals surface area (Å²) in [5, 5.41) is 3.00. The van der Waals surface area contributed by atoms with Crippen molar-refractivity contribution in [3.63, 3.8) is 0 Å². The second-order valence-corrected chi connectivity index (χ2v) is 6.21. The number of nitrogens with one attached hydrogen (secondary N) is 1. The van der Waals surface area contributed by atoms with Crippen molar-refractivity contribution >= 4 is 11.8 Å². The van der Waals surface area contributed by atoms with Crippen molar-refractivity contribution in [2.75, 3.05) is 6.54 Å². The molecule has 2 amide bonds. The van der Waals surface area contributed by atoms with Crippen molar-refractivity contribution in [1.82, 2.24) is 10.2 Å². The van der Waals surface area contributed by atoms with Gasteiger partial charge in [-0.25, -0.2) is 0 Å². The molecule has 2 atom stereocenters. The standard InChI is InChI=1S/C16H26N2O2/c1-4-11-18-14(19)13(12-9-7-6-8-10-12)17-15(20)16(18,3)5-2/h4,12-13H,1,5-11H2,2-3H3,(H,17,20). The minimum atomic E-state index is -0.740. The van der Waals surface area contributed by atoms with Crippen LogP contribution < -0.4 is 5.32 Å². The summed E-state index contributed by atoms with van der Waals surface area (Å²) in [7, 11) is 0. The van der Waals surface area contributed by atoms with Crippen LogP contribution in [0.15, 0.2) is 12.7 Å². The summed E-state index contributed by atoms with van der Waals surface area (Å²) in [6, 6.07) is -0.331. The summed E-state index contributed by atoms with van der Waals surface area (Å²) < 4.78 is 0. The predicted octanol–water partition coefficient (Wildman–Crippen LogP) is 2.25. The summed E-state index contributed by atoms with van der Waals surface area (Å²) in [6.07, 6.45) is 7.99. The molecule has 2 fully saturated rings. The third-order valence-electron chi connectivity index (χ3n) is 5.02. The molecule has 0 aromatic rings. The van der Waals surface area contributed by atoms with E-state index in [0.29, 0.717) is 18.9 Å². The Labute approximate surface area is 121 Å². The number of piperazine rings is 1. The molecule has 4 heteroatoms. The number of carbonyl (C=O) groups excluding carboxylic acids is 2. The second kappa shape index (κ2) is 5.98. The van der Waals surface area contributed by atoms with E-state index < -0.39 is 5.54 Å². The maximum atomic E-state index is 12.8. The molecule has 0 aromatic heterocycles. The fourth-order valence-corrected chi connectivity index (χ4v) is 3.45. The Morgan fingerprint density at radius 2 is 2.00 bits per heavy atom. The maximum absolute atomic E-state index is 12.8. The molecule has 20 heavy (non-hydrogen) atoms. The highest BCUT2D eigenvalue weighted by molar-refractivity contribution is 5.99. The smallest absolute Gasteiger partial charge is 0.246 e. The highest BCUT2D eigenvalue weighted by Crippen LogP contribution is 2.32. The van der Waals surface area contributed by atoms with E-state index in [2.05, 4.69) is 11.9 Å². The Morgan fingerprint density at radius 3 is 2.55 bits per heavy atom. The average molecular weight is 278 g/mol. The molecule has 1 saturated carbocycles. The van der Waals surface area contributed by atoms with Crippen LogP contribution in [0.3, 0.4) is 0 Å². The highest BCUT2D eigenvalue weighted by Gasteiger charge is 2.49. The van der Waals surface area contributed by atoms with Crippen LogP contribution in [0, 0.1) is 5.92 Å². The van der Waals surface area contributed by atoms with E-state index in [0.717, 1.165) is 25.7 Å². The van der Waals surface area contributed by atoms with Crippen molar-refractivity contribution < 1.29 is 9.59 Å². The van der Waals surface area contributed by atoms with Crippen LogP contribution in [0.1, 0.15) is 52.4 Å². The van der Waals surface area contributed by atoms with Gasteiger partial charge in [0.15, 0.2) is 0 Å². The topological polar surface area (TPSA) is 49.4 Å². The summed E-state index contributed by atoms with van der Waals surface area (Å²) >= 11 is 0. The van der Waals surface area contributed by atoms with Crippen LogP contribution in [0.5, 0.6) is 0 Å². The molecular formula is C16H26N2O2. The van der Waals surface area contributed by atoms with Gasteiger partial charge in [0.1, 0.15) is 11.6 Å². The Hall–Kier alpha value is -1.32. The largest absolute Gasteiger partial charge is 0.342 e. The molecule has 0 spiro atoms. The Bertz CT molecular complexity index is 401. The zero-order valence-electron chi connectivity index (χ0n) is 12.7. The van der Waals surface area contributed by atoms with Gasteiger partial charge in [-0.05, 0) is 32.1 Å². The van der Waals surface area contributed by atoms with Gasteiger partial charge in [-0.2, -0.15) is 0 Å². The van der Waals surface area contributed by atoms with Gasteiger partial charge in [-0.15, -0.1) is 6.58 Å². The summed E-state index contributed by atoms with van der Waals surface area (Å²) in [6.45, 7) is 7.97. The first-order valence-corrected chi connectivity index (χ1v) is 7.78. The van der Waals surface area contributed by atoms with Crippen LogP contribution in [0.2, 0.25) is 0 Å². The molecule has 0 bridgehead atoms. The number of nitrogens with zero attached hydrogens (tertiary/aromatic N) is 1. The molecule has 2 unspecified atom stereocenters. The minimum absolute atomic E-state index is 0.0166. The van der Waals surface area contributed by atoms with Crippen LogP contribution in [-0.4, -0.2) is 34.8 Å². The SMILES string of the molecule is C=CCN1C(=O)C(C2CCCCC2)NC(=O)C1(C)CC. The number of carbonyl (C=O) groups is 2. The summed E-state index contributed by atoms with van der Waals surface area (Å²) in [4.78, 5) is 27.0. The lowest BCUT2D eigenvalue weighted by Crippen LogP contribution is -2.70. The van der Waals surface area contributed by atoms with E-state index in [1.807, 2.05) is 13.8 Å². The third kappa shape index (κ3) is 2.48. The van der Waals surface area contributed by atoms with Crippen LogP contribution in [0.25, 0.3) is 0 Å². The number of hydrogen-bond donors (Lipinski definition) is 1. The molecule has 1 saturated heterocycles. The molecule has 0 radical (unpaired) electrons. The Morgan fingerprint density at radius 1 is 1.35 bits per heavy atom. The van der Waals surface area contributed by atoms with Gasteiger partial charge in [0.2, 0.25) is 11.8 Å². The van der Waals surface area contributed by atoms with E-state index in [1.54, 1.807) is 11.0 Å². The maximum Gasteiger partial charge on any atom is 0.246 e. The molecule has 1 aliphatic heterocycles. The molecule has 1 aliphatic carbocycles. The molecule has 1 heterocycles. The molecule has 112 valence electrons. The summed E-state index contributed by atoms with van der Waals surface area (Å²) in [5.74, 6) is 0.353. The van der Waals surface area contributed by atoms with Crippen molar-refractivity contribution in [2.24, 2.45) is 5.92 Å². The van der Waals surface area contributed by atoms with E-state index in [1.165, 1.54) is 6.42 Å². The van der Waals surface area contributed by atoms with E-state index in [9.17, 15) is 9.59 Å². The average Bonchev–Trinajstić information content (AvgIpc) is 2.48. The first kappa shape index (κ1) is 15.1. The van der Waals surface area contributed by atoms with Gasteiger partial charge in [0.05, 0.1) is 0 Å². The van der Waals surface area contributed by atoms with Gasteiger partial charge in [-0.3, -0.25) is 9.59 Å². The van der Waals surface area contributed by atoms with Gasteiger partial charge in [0, 0.05) is 6.54 Å². The lowest BCUT2D eigenvalue weighted by Gasteiger charge is -2.47. The van der Waals surface area contributed by atoms with Crippen molar-refractivity contribution in [3.05, 3.63) is 12.7 Å². The van der Waals surface area contributed by atoms with Crippen molar-refractivity contribution in [1.29, 1.82) is 0 Å². The zero-order valence-corrected chi connectivity index (χ0v) is 12.7. The minimum Gasteiger partial charge on any atom is -0.342 e. The normalized spacial score (nSPS) is 32.1. The first-order chi connectivity index (χ1) is 9.54. The Kier molecular flexibility index (Phi) is 4.51. The fourth-order valence-electron chi connectivity index (χ4n) is 3.45. The number of rotatable bonds is 4. The first-order valence-electron chi connectivity index (χ1n) is 7.78. The molecule has 0 aromatic carbocycles. The molecule has 2 rings (SSSR count). The van der Waals surface area contributed by atoms with Crippen LogP contribution in [0.4, 0.5) is 0 Å². The monoisotopic (exact) mass is 278 g/mol. The van der Waals surface area contributed by atoms with Crippen molar-refractivity contribution in [3.8, 4) is 0 Å². The lowest BCUT2D eigenvalue weighted by atomic mass is 9.80. The number of amides is 2. The second-order valence-electron chi connectivity index (χ2n) is 6.21. The predicted molar refractivity (Wildman–Crippen MR) is 79.1 cm³/mol. The zero-order chi connectivity index (χ0) is 14.8. The molecule has 4 nitrogen and oxygen atoms in total. The number of hydrogen-bond acceptors (Lipinski definition) is 2. The van der Waals surface area contributed by atoms with Gasteiger partial charge < -0.3 is 10.2 Å².